The van der Waals surface area contributed by atoms with E-state index in [1.165, 1.54) is 0 Å². The molecule has 1 atom stereocenters. The zero-order valence-corrected chi connectivity index (χ0v) is 20.3. The molecule has 1 amide bonds. The Kier molecular flexibility index (Phi) is 10.7. The fourth-order valence-corrected chi connectivity index (χ4v) is 10.4. The Morgan fingerprint density at radius 3 is 2.29 bits per heavy atom. The summed E-state index contributed by atoms with van der Waals surface area (Å²) in [6.45, 7) is 17.0. The van der Waals surface area contributed by atoms with E-state index < -0.39 is 8.32 Å². The standard InChI is InChI=1S/C23H43NO3Si/c1-8-9-10-11-22(25)14-12-21-13-15-23(26)24(21)16-17-27-28(18(2)3,19(4)5)20(6)7/h12,14,18-21H,8-11,13,15-17H2,1-7H3/b14-12+/t21-/m0/s1. The highest BCUT2D eigenvalue weighted by Crippen LogP contribution is 2.42. The smallest absolute Gasteiger partial charge is 0.223 e. The number of hydrogen-bond acceptors (Lipinski definition) is 3. The summed E-state index contributed by atoms with van der Waals surface area (Å²) in [6.07, 6.45) is 8.79. The van der Waals surface area contributed by atoms with Crippen LogP contribution in [0.2, 0.25) is 16.6 Å². The maximum atomic E-state index is 12.4. The molecule has 0 radical (unpaired) electrons. The van der Waals surface area contributed by atoms with Gasteiger partial charge in [-0.3, -0.25) is 9.59 Å². The monoisotopic (exact) mass is 409 g/mol. The van der Waals surface area contributed by atoms with Crippen LogP contribution in [0.25, 0.3) is 0 Å². The number of carbonyl (C=O) groups excluding carboxylic acids is 2. The van der Waals surface area contributed by atoms with Crippen LogP contribution in [-0.4, -0.2) is 44.1 Å². The van der Waals surface area contributed by atoms with Gasteiger partial charge in [0.15, 0.2) is 14.1 Å². The summed E-state index contributed by atoms with van der Waals surface area (Å²) < 4.78 is 6.62. The number of unbranched alkanes of at least 4 members (excludes halogenated alkanes) is 2. The molecule has 1 aliphatic heterocycles. The fraction of sp³-hybridized carbons (Fsp3) is 0.826. The lowest BCUT2D eigenvalue weighted by Crippen LogP contribution is -2.49. The maximum Gasteiger partial charge on any atom is 0.223 e. The van der Waals surface area contributed by atoms with Crippen LogP contribution in [0.4, 0.5) is 0 Å². The molecule has 0 aromatic heterocycles. The third-order valence-corrected chi connectivity index (χ3v) is 12.4. The van der Waals surface area contributed by atoms with Crippen LogP contribution in [0, 0.1) is 0 Å². The lowest BCUT2D eigenvalue weighted by atomic mass is 10.1. The Hall–Kier alpha value is -0.943. The molecule has 0 aliphatic carbocycles. The number of likely N-dealkylation sites (tertiary alicyclic amines) is 1. The van der Waals surface area contributed by atoms with Gasteiger partial charge >= 0.3 is 0 Å². The topological polar surface area (TPSA) is 46.6 Å². The van der Waals surface area contributed by atoms with Crippen molar-refractivity contribution in [1.29, 1.82) is 0 Å². The average Bonchev–Trinajstić information content (AvgIpc) is 2.96. The van der Waals surface area contributed by atoms with Crippen molar-refractivity contribution in [3.05, 3.63) is 12.2 Å². The van der Waals surface area contributed by atoms with E-state index in [-0.39, 0.29) is 17.7 Å². The van der Waals surface area contributed by atoms with Crippen LogP contribution in [0.1, 0.15) is 87.0 Å². The number of nitrogens with zero attached hydrogens (tertiary/aromatic N) is 1. The van der Waals surface area contributed by atoms with Crippen molar-refractivity contribution in [2.45, 2.75) is 110 Å². The van der Waals surface area contributed by atoms with Crippen molar-refractivity contribution in [1.82, 2.24) is 4.90 Å². The van der Waals surface area contributed by atoms with Gasteiger partial charge in [0.2, 0.25) is 5.91 Å². The van der Waals surface area contributed by atoms with Gasteiger partial charge in [0.1, 0.15) is 0 Å². The molecule has 0 aromatic carbocycles. The van der Waals surface area contributed by atoms with Gasteiger partial charge in [-0.25, -0.2) is 0 Å². The Labute approximate surface area is 174 Å². The van der Waals surface area contributed by atoms with Gasteiger partial charge in [0.05, 0.1) is 12.6 Å². The molecule has 28 heavy (non-hydrogen) atoms. The van der Waals surface area contributed by atoms with E-state index in [4.69, 9.17) is 4.43 Å². The van der Waals surface area contributed by atoms with Gasteiger partial charge in [-0.1, -0.05) is 67.4 Å². The van der Waals surface area contributed by atoms with Gasteiger partial charge in [0, 0.05) is 19.4 Å². The van der Waals surface area contributed by atoms with Gasteiger partial charge in [-0.2, -0.15) is 0 Å². The molecular weight excluding hydrogens is 366 g/mol. The Morgan fingerprint density at radius 1 is 1.14 bits per heavy atom. The van der Waals surface area contributed by atoms with E-state index in [0.29, 0.717) is 42.6 Å². The van der Waals surface area contributed by atoms with Crippen LogP contribution >= 0.6 is 0 Å². The highest BCUT2D eigenvalue weighted by molar-refractivity contribution is 6.77. The molecule has 0 N–H and O–H groups in total. The van der Waals surface area contributed by atoms with Gasteiger partial charge in [-0.15, -0.1) is 0 Å². The van der Waals surface area contributed by atoms with Crippen molar-refractivity contribution >= 4 is 20.0 Å². The first-order valence-electron chi connectivity index (χ1n) is 11.3. The number of rotatable bonds is 13. The van der Waals surface area contributed by atoms with Crippen molar-refractivity contribution in [3.63, 3.8) is 0 Å². The second-order valence-electron chi connectivity index (χ2n) is 9.14. The zero-order valence-electron chi connectivity index (χ0n) is 19.3. The summed E-state index contributed by atoms with van der Waals surface area (Å²) in [5, 5.41) is 0. The lowest BCUT2D eigenvalue weighted by Gasteiger charge is -2.42. The molecule has 0 aromatic rings. The van der Waals surface area contributed by atoms with Crippen molar-refractivity contribution in [2.75, 3.05) is 13.2 Å². The molecule has 5 heteroatoms. The van der Waals surface area contributed by atoms with E-state index in [1.54, 1.807) is 6.08 Å². The Bertz CT molecular complexity index is 506. The fourth-order valence-electron chi connectivity index (χ4n) is 4.92. The number of ketones is 1. The normalized spacial score (nSPS) is 18.4. The molecule has 1 aliphatic rings. The predicted molar refractivity (Wildman–Crippen MR) is 120 cm³/mol. The summed E-state index contributed by atoms with van der Waals surface area (Å²) in [7, 11) is -1.91. The maximum absolute atomic E-state index is 12.4. The molecule has 0 bridgehead atoms. The second-order valence-corrected chi connectivity index (χ2v) is 14.6. The number of carbonyl (C=O) groups is 2. The predicted octanol–water partition coefficient (Wildman–Crippen LogP) is 5.88. The van der Waals surface area contributed by atoms with Crippen LogP contribution in [0.5, 0.6) is 0 Å². The van der Waals surface area contributed by atoms with E-state index in [1.807, 2.05) is 11.0 Å². The lowest BCUT2D eigenvalue weighted by molar-refractivity contribution is -0.128. The molecule has 1 rings (SSSR count). The third-order valence-electron chi connectivity index (χ3n) is 6.30. The van der Waals surface area contributed by atoms with Gasteiger partial charge in [0.25, 0.3) is 0 Å². The van der Waals surface area contributed by atoms with Crippen molar-refractivity contribution in [3.8, 4) is 0 Å². The van der Waals surface area contributed by atoms with Crippen LogP contribution in [-0.2, 0) is 14.0 Å². The minimum atomic E-state index is -1.91. The average molecular weight is 410 g/mol. The summed E-state index contributed by atoms with van der Waals surface area (Å²) >= 11 is 0. The van der Waals surface area contributed by atoms with Crippen molar-refractivity contribution < 1.29 is 14.0 Å². The molecule has 0 saturated carbocycles. The van der Waals surface area contributed by atoms with E-state index in [9.17, 15) is 9.59 Å². The molecule has 1 heterocycles. The SMILES string of the molecule is CCCCCC(=O)/C=C/[C@H]1CCC(=O)N1CCO[Si](C(C)C)(C(C)C)C(C)C. The first-order valence-corrected chi connectivity index (χ1v) is 13.4. The molecule has 1 fully saturated rings. The number of hydrogen-bond donors (Lipinski definition) is 0. The Balaban J connectivity index is 2.67. The first kappa shape index (κ1) is 25.1. The zero-order chi connectivity index (χ0) is 21.3. The van der Waals surface area contributed by atoms with E-state index in [0.717, 1.165) is 25.7 Å². The molecular formula is C23H43NO3Si. The van der Waals surface area contributed by atoms with Gasteiger partial charge in [-0.05, 0) is 35.5 Å². The Morgan fingerprint density at radius 2 is 1.75 bits per heavy atom. The minimum absolute atomic E-state index is 0.0411. The molecule has 162 valence electrons. The molecule has 0 spiro atoms. The molecule has 4 nitrogen and oxygen atoms in total. The first-order chi connectivity index (χ1) is 13.2. The minimum Gasteiger partial charge on any atom is -0.414 e. The third kappa shape index (κ3) is 6.55. The number of amides is 1. The summed E-state index contributed by atoms with van der Waals surface area (Å²) in [4.78, 5) is 26.3. The largest absolute Gasteiger partial charge is 0.414 e. The van der Waals surface area contributed by atoms with E-state index in [2.05, 4.69) is 48.5 Å². The second kappa shape index (κ2) is 11.9. The van der Waals surface area contributed by atoms with Crippen molar-refractivity contribution in [2.24, 2.45) is 0 Å². The van der Waals surface area contributed by atoms with Crippen LogP contribution in [0.3, 0.4) is 0 Å². The number of allylic oxidation sites excluding steroid dienone is 1. The quantitative estimate of drug-likeness (QED) is 0.217. The van der Waals surface area contributed by atoms with Gasteiger partial charge < -0.3 is 9.33 Å². The molecule has 1 saturated heterocycles. The summed E-state index contributed by atoms with van der Waals surface area (Å²) in [5.74, 6) is 0.359. The highest BCUT2D eigenvalue weighted by Gasteiger charge is 2.45. The summed E-state index contributed by atoms with van der Waals surface area (Å²) in [5.41, 5.74) is 1.62. The molecule has 0 unspecified atom stereocenters. The summed E-state index contributed by atoms with van der Waals surface area (Å²) in [6, 6.07) is 0.0411. The van der Waals surface area contributed by atoms with E-state index >= 15 is 0 Å². The van der Waals surface area contributed by atoms with Crippen LogP contribution < -0.4 is 0 Å². The highest BCUT2D eigenvalue weighted by atomic mass is 28.4. The van der Waals surface area contributed by atoms with Crippen LogP contribution in [0.15, 0.2) is 12.2 Å².